The van der Waals surface area contributed by atoms with E-state index < -0.39 is 0 Å². The molecule has 2 aromatic carbocycles. The summed E-state index contributed by atoms with van der Waals surface area (Å²) in [6.07, 6.45) is 0.609. The molecule has 0 unspecified atom stereocenters. The molecule has 3 rings (SSSR count). The van der Waals surface area contributed by atoms with Gasteiger partial charge in [-0.3, -0.25) is 4.90 Å². The molecule has 0 aliphatic carbocycles. The molecule has 0 aromatic heterocycles. The lowest BCUT2D eigenvalue weighted by molar-refractivity contribution is -0.138. The van der Waals surface area contributed by atoms with Crippen molar-refractivity contribution >= 4 is 11.5 Å². The number of hydrogen-bond acceptors (Lipinski definition) is 3. The molecule has 3 nitrogen and oxygen atoms in total. The quantitative estimate of drug-likeness (QED) is 0.770. The van der Waals surface area contributed by atoms with Crippen molar-refractivity contribution < 1.29 is 13.9 Å². The lowest BCUT2D eigenvalue weighted by atomic mass is 9.93. The Kier molecular flexibility index (Phi) is 5.61. The molecule has 0 fully saturated rings. The molecule has 130 valence electrons. The van der Waals surface area contributed by atoms with E-state index >= 15 is 0 Å². The first-order valence-electron chi connectivity index (χ1n) is 8.58. The summed E-state index contributed by atoms with van der Waals surface area (Å²) in [6, 6.07) is 16.6. The predicted molar refractivity (Wildman–Crippen MR) is 96.3 cm³/mol. The average Bonchev–Trinajstić information content (AvgIpc) is 2.63. The van der Waals surface area contributed by atoms with E-state index in [1.165, 1.54) is 17.7 Å². The molecule has 0 saturated heterocycles. The van der Waals surface area contributed by atoms with E-state index in [1.54, 1.807) is 13.0 Å². The minimum atomic E-state index is -0.298. The van der Waals surface area contributed by atoms with Crippen LogP contribution in [0.25, 0.3) is 5.57 Å². The highest BCUT2D eigenvalue weighted by Gasteiger charge is 2.25. The fraction of sp³-hybridized carbons (Fsp3) is 0.286. The van der Waals surface area contributed by atoms with Gasteiger partial charge in [0.15, 0.2) is 0 Å². The van der Waals surface area contributed by atoms with Crippen LogP contribution in [0.15, 0.2) is 60.2 Å². The van der Waals surface area contributed by atoms with E-state index in [0.29, 0.717) is 25.1 Å². The molecule has 2 aromatic rings. The first-order valence-corrected chi connectivity index (χ1v) is 8.58. The number of rotatable bonds is 5. The Labute approximate surface area is 147 Å². The molecule has 0 bridgehead atoms. The molecule has 0 spiro atoms. The summed E-state index contributed by atoms with van der Waals surface area (Å²) in [6.45, 7) is 4.32. The minimum Gasteiger partial charge on any atom is -0.463 e. The molecule has 1 heterocycles. The van der Waals surface area contributed by atoms with Crippen LogP contribution in [0.4, 0.5) is 4.39 Å². The zero-order valence-corrected chi connectivity index (χ0v) is 14.4. The van der Waals surface area contributed by atoms with Gasteiger partial charge >= 0.3 is 5.97 Å². The number of nitrogens with zero attached hydrogens (tertiary/aromatic N) is 1. The number of halogens is 1. The van der Waals surface area contributed by atoms with Gasteiger partial charge < -0.3 is 4.74 Å². The Morgan fingerprint density at radius 1 is 1.16 bits per heavy atom. The van der Waals surface area contributed by atoms with Crippen molar-refractivity contribution in [3.63, 3.8) is 0 Å². The Hall–Kier alpha value is -2.46. The van der Waals surface area contributed by atoms with Gasteiger partial charge in [0.05, 0.1) is 6.61 Å². The fourth-order valence-electron chi connectivity index (χ4n) is 3.18. The van der Waals surface area contributed by atoms with Crippen molar-refractivity contribution in [1.82, 2.24) is 4.90 Å². The summed E-state index contributed by atoms with van der Waals surface area (Å²) in [4.78, 5) is 14.6. The van der Waals surface area contributed by atoms with Crippen molar-refractivity contribution in [2.24, 2.45) is 0 Å². The van der Waals surface area contributed by atoms with E-state index in [1.807, 2.05) is 24.3 Å². The molecule has 0 saturated carbocycles. The van der Waals surface area contributed by atoms with Gasteiger partial charge in [-0.15, -0.1) is 0 Å². The van der Waals surface area contributed by atoms with Crippen LogP contribution in [0.2, 0.25) is 0 Å². The second-order valence-corrected chi connectivity index (χ2v) is 6.13. The third kappa shape index (κ3) is 4.34. The molecule has 0 atom stereocenters. The van der Waals surface area contributed by atoms with Gasteiger partial charge in [0, 0.05) is 25.2 Å². The monoisotopic (exact) mass is 339 g/mol. The number of carbonyl (C=O) groups is 1. The zero-order valence-electron chi connectivity index (χ0n) is 14.4. The smallest absolute Gasteiger partial charge is 0.334 e. The van der Waals surface area contributed by atoms with Crippen LogP contribution in [0.3, 0.4) is 0 Å². The summed E-state index contributed by atoms with van der Waals surface area (Å²) in [7, 11) is 0. The van der Waals surface area contributed by atoms with Crippen molar-refractivity contribution in [2.75, 3.05) is 19.7 Å². The summed E-state index contributed by atoms with van der Waals surface area (Å²) in [5, 5.41) is 0. The van der Waals surface area contributed by atoms with Crippen LogP contribution in [0.5, 0.6) is 0 Å². The number of ether oxygens (including phenoxy) is 1. The van der Waals surface area contributed by atoms with Crippen LogP contribution in [-0.4, -0.2) is 30.6 Å². The molecule has 1 aliphatic rings. The van der Waals surface area contributed by atoms with Gasteiger partial charge in [-0.2, -0.15) is 0 Å². The number of esters is 1. The van der Waals surface area contributed by atoms with Crippen LogP contribution in [-0.2, 0) is 16.1 Å². The van der Waals surface area contributed by atoms with E-state index in [-0.39, 0.29) is 11.8 Å². The van der Waals surface area contributed by atoms with Crippen molar-refractivity contribution in [3.05, 3.63) is 77.1 Å². The summed E-state index contributed by atoms with van der Waals surface area (Å²) < 4.78 is 18.9. The summed E-state index contributed by atoms with van der Waals surface area (Å²) in [5.41, 5.74) is 3.50. The van der Waals surface area contributed by atoms with Crippen LogP contribution >= 0.6 is 0 Å². The molecule has 0 amide bonds. The third-order valence-corrected chi connectivity index (χ3v) is 4.37. The van der Waals surface area contributed by atoms with Gasteiger partial charge in [-0.1, -0.05) is 42.5 Å². The standard InChI is InChI=1S/C21H22FNO2/c1-2-25-21(24)19-11-12-23(14-16-7-4-3-5-8-16)15-20(19)17-9-6-10-18(22)13-17/h3-10,13H,2,11-12,14-15H2,1H3. The second kappa shape index (κ2) is 8.08. The Bertz CT molecular complexity index is 770. The molecular weight excluding hydrogens is 317 g/mol. The van der Waals surface area contributed by atoms with E-state index in [9.17, 15) is 9.18 Å². The topological polar surface area (TPSA) is 29.5 Å². The van der Waals surface area contributed by atoms with E-state index in [4.69, 9.17) is 4.74 Å². The zero-order chi connectivity index (χ0) is 17.6. The SMILES string of the molecule is CCOC(=O)C1=C(c2cccc(F)c2)CN(Cc2ccccc2)CC1. The van der Waals surface area contributed by atoms with Crippen molar-refractivity contribution in [3.8, 4) is 0 Å². The number of benzene rings is 2. The molecular formula is C21H22FNO2. The maximum absolute atomic E-state index is 13.7. The highest BCUT2D eigenvalue weighted by atomic mass is 19.1. The number of hydrogen-bond donors (Lipinski definition) is 0. The highest BCUT2D eigenvalue weighted by Crippen LogP contribution is 2.29. The average molecular weight is 339 g/mol. The largest absolute Gasteiger partial charge is 0.463 e. The Balaban J connectivity index is 1.89. The Morgan fingerprint density at radius 3 is 2.68 bits per heavy atom. The van der Waals surface area contributed by atoms with Crippen molar-refractivity contribution in [2.45, 2.75) is 19.9 Å². The maximum atomic E-state index is 13.7. The molecule has 4 heteroatoms. The predicted octanol–water partition coefficient (Wildman–Crippen LogP) is 4.05. The van der Waals surface area contributed by atoms with E-state index in [0.717, 1.165) is 24.2 Å². The van der Waals surface area contributed by atoms with Gasteiger partial charge in [0.25, 0.3) is 0 Å². The first kappa shape index (κ1) is 17.4. The molecule has 0 radical (unpaired) electrons. The van der Waals surface area contributed by atoms with Crippen LogP contribution in [0, 0.1) is 5.82 Å². The normalized spacial score (nSPS) is 15.3. The Morgan fingerprint density at radius 2 is 1.96 bits per heavy atom. The molecule has 0 N–H and O–H groups in total. The fourth-order valence-corrected chi connectivity index (χ4v) is 3.18. The van der Waals surface area contributed by atoms with Gasteiger partial charge in [0.1, 0.15) is 5.82 Å². The minimum absolute atomic E-state index is 0.291. The number of carbonyl (C=O) groups excluding carboxylic acids is 1. The van der Waals surface area contributed by atoms with Crippen LogP contribution < -0.4 is 0 Å². The van der Waals surface area contributed by atoms with Gasteiger partial charge in [0.2, 0.25) is 0 Å². The lowest BCUT2D eigenvalue weighted by Gasteiger charge is -2.30. The van der Waals surface area contributed by atoms with Crippen LogP contribution in [0.1, 0.15) is 24.5 Å². The van der Waals surface area contributed by atoms with Gasteiger partial charge in [-0.25, -0.2) is 9.18 Å². The first-order chi connectivity index (χ1) is 12.2. The lowest BCUT2D eigenvalue weighted by Crippen LogP contribution is -2.33. The van der Waals surface area contributed by atoms with Gasteiger partial charge in [-0.05, 0) is 42.2 Å². The highest BCUT2D eigenvalue weighted by molar-refractivity contribution is 5.98. The summed E-state index contributed by atoms with van der Waals surface area (Å²) in [5.74, 6) is -0.588. The molecule has 25 heavy (non-hydrogen) atoms. The third-order valence-electron chi connectivity index (χ3n) is 4.37. The second-order valence-electron chi connectivity index (χ2n) is 6.13. The maximum Gasteiger partial charge on any atom is 0.334 e. The van der Waals surface area contributed by atoms with Crippen molar-refractivity contribution in [1.29, 1.82) is 0 Å². The molecule has 1 aliphatic heterocycles. The van der Waals surface area contributed by atoms with E-state index in [2.05, 4.69) is 17.0 Å². The summed E-state index contributed by atoms with van der Waals surface area (Å²) >= 11 is 0.